The maximum absolute atomic E-state index is 5.18. The Balaban J connectivity index is 2.09. The second kappa shape index (κ2) is 3.04. The van der Waals surface area contributed by atoms with E-state index in [2.05, 4.69) is 43.4 Å². The molecule has 1 aliphatic rings. The van der Waals surface area contributed by atoms with E-state index < -0.39 is 0 Å². The normalized spacial score (nSPS) is 19.2. The summed E-state index contributed by atoms with van der Waals surface area (Å²) in [6.45, 7) is 5.89. The molecule has 70 valence electrons. The lowest BCUT2D eigenvalue weighted by molar-refractivity contribution is -0.0318. The van der Waals surface area contributed by atoms with Crippen LogP contribution >= 0.6 is 0 Å². The zero-order chi connectivity index (χ0) is 9.31. The van der Waals surface area contributed by atoms with Crippen LogP contribution in [0.5, 0.6) is 0 Å². The molecule has 2 nitrogen and oxygen atoms in total. The van der Waals surface area contributed by atoms with E-state index >= 15 is 0 Å². The van der Waals surface area contributed by atoms with E-state index in [0.29, 0.717) is 0 Å². The monoisotopic (exact) mass is 177 g/mol. The molecule has 0 bridgehead atoms. The first-order chi connectivity index (χ1) is 6.18. The molecule has 1 fully saturated rings. The predicted molar refractivity (Wildman–Crippen MR) is 54.0 cm³/mol. The van der Waals surface area contributed by atoms with Gasteiger partial charge in [0.05, 0.1) is 18.8 Å². The topological polar surface area (TPSA) is 21.3 Å². The molecule has 1 N–H and O–H groups in total. The van der Waals surface area contributed by atoms with Gasteiger partial charge < -0.3 is 10.1 Å². The second-order valence-corrected chi connectivity index (χ2v) is 4.05. The summed E-state index contributed by atoms with van der Waals surface area (Å²) in [5.41, 5.74) is 2.62. The van der Waals surface area contributed by atoms with Crippen LogP contribution in [0.2, 0.25) is 0 Å². The average molecular weight is 177 g/mol. The molecule has 0 atom stereocenters. The molecule has 1 saturated heterocycles. The Hall–Kier alpha value is -1.02. The summed E-state index contributed by atoms with van der Waals surface area (Å²) in [6, 6.07) is 8.42. The van der Waals surface area contributed by atoms with E-state index in [0.717, 1.165) is 13.2 Å². The van der Waals surface area contributed by atoms with Crippen LogP contribution in [0.1, 0.15) is 12.5 Å². The third-order valence-corrected chi connectivity index (χ3v) is 2.31. The molecule has 2 rings (SSSR count). The van der Waals surface area contributed by atoms with Crippen LogP contribution in [0.15, 0.2) is 24.3 Å². The van der Waals surface area contributed by atoms with Crippen LogP contribution in [0.25, 0.3) is 0 Å². The van der Waals surface area contributed by atoms with Crippen LogP contribution in [0, 0.1) is 6.92 Å². The highest BCUT2D eigenvalue weighted by Gasteiger charge is 2.32. The molecular formula is C11H15NO. The summed E-state index contributed by atoms with van der Waals surface area (Å²) < 4.78 is 5.18. The maximum Gasteiger partial charge on any atom is 0.0811 e. The number of rotatable bonds is 2. The van der Waals surface area contributed by atoms with E-state index in [9.17, 15) is 0 Å². The van der Waals surface area contributed by atoms with Gasteiger partial charge in [-0.2, -0.15) is 0 Å². The largest absolute Gasteiger partial charge is 0.376 e. The number of hydrogen-bond acceptors (Lipinski definition) is 2. The lowest BCUT2D eigenvalue weighted by Gasteiger charge is -2.39. The molecule has 0 spiro atoms. The molecule has 0 unspecified atom stereocenters. The van der Waals surface area contributed by atoms with Crippen molar-refractivity contribution in [2.24, 2.45) is 0 Å². The maximum atomic E-state index is 5.18. The van der Waals surface area contributed by atoms with Gasteiger partial charge in [-0.1, -0.05) is 12.1 Å². The summed E-state index contributed by atoms with van der Waals surface area (Å²) >= 11 is 0. The average Bonchev–Trinajstić information content (AvgIpc) is 2.01. The van der Waals surface area contributed by atoms with E-state index in [1.165, 1.54) is 11.3 Å². The molecule has 0 aromatic heterocycles. The van der Waals surface area contributed by atoms with Gasteiger partial charge in [-0.05, 0) is 31.5 Å². The first-order valence-corrected chi connectivity index (χ1v) is 4.61. The van der Waals surface area contributed by atoms with Gasteiger partial charge in [0.25, 0.3) is 0 Å². The zero-order valence-corrected chi connectivity index (χ0v) is 8.13. The van der Waals surface area contributed by atoms with Gasteiger partial charge in [-0.3, -0.25) is 0 Å². The van der Waals surface area contributed by atoms with Crippen LogP contribution in [-0.2, 0) is 4.74 Å². The fourth-order valence-electron chi connectivity index (χ4n) is 1.55. The fraction of sp³-hybridized carbons (Fsp3) is 0.455. The fourth-order valence-corrected chi connectivity index (χ4v) is 1.55. The number of ether oxygens (including phenoxy) is 1. The Morgan fingerprint density at radius 3 is 2.69 bits per heavy atom. The number of hydrogen-bond donors (Lipinski definition) is 1. The minimum absolute atomic E-state index is 0.147. The lowest BCUT2D eigenvalue weighted by atomic mass is 10.00. The Kier molecular flexibility index (Phi) is 2.00. The summed E-state index contributed by atoms with van der Waals surface area (Å²) in [5.74, 6) is 0. The molecule has 1 heterocycles. The van der Waals surface area contributed by atoms with Crippen LogP contribution in [0.3, 0.4) is 0 Å². The Morgan fingerprint density at radius 1 is 1.38 bits per heavy atom. The van der Waals surface area contributed by atoms with Crippen molar-refractivity contribution in [2.75, 3.05) is 18.5 Å². The van der Waals surface area contributed by atoms with Gasteiger partial charge in [0.2, 0.25) is 0 Å². The van der Waals surface area contributed by atoms with Crippen molar-refractivity contribution in [3.05, 3.63) is 29.8 Å². The van der Waals surface area contributed by atoms with E-state index in [4.69, 9.17) is 4.74 Å². The van der Waals surface area contributed by atoms with Crippen molar-refractivity contribution >= 4 is 5.69 Å². The molecule has 0 amide bonds. The molecule has 1 aromatic rings. The van der Waals surface area contributed by atoms with Crippen molar-refractivity contribution in [2.45, 2.75) is 19.4 Å². The molecule has 1 aromatic carbocycles. The minimum atomic E-state index is 0.147. The van der Waals surface area contributed by atoms with Crippen LogP contribution in [0.4, 0.5) is 5.69 Å². The first-order valence-electron chi connectivity index (χ1n) is 4.61. The molecule has 0 saturated carbocycles. The van der Waals surface area contributed by atoms with Gasteiger partial charge in [0.15, 0.2) is 0 Å². The molecular weight excluding hydrogens is 162 g/mol. The van der Waals surface area contributed by atoms with Crippen LogP contribution in [-0.4, -0.2) is 18.8 Å². The highest BCUT2D eigenvalue weighted by molar-refractivity contribution is 5.48. The summed E-state index contributed by atoms with van der Waals surface area (Å²) in [5, 5.41) is 3.47. The number of aryl methyl sites for hydroxylation is 1. The van der Waals surface area contributed by atoms with Gasteiger partial charge in [-0.25, -0.2) is 0 Å². The Morgan fingerprint density at radius 2 is 2.15 bits per heavy atom. The molecule has 13 heavy (non-hydrogen) atoms. The van der Waals surface area contributed by atoms with Crippen molar-refractivity contribution in [3.8, 4) is 0 Å². The minimum Gasteiger partial charge on any atom is -0.376 e. The first kappa shape index (κ1) is 8.57. The Labute approximate surface area is 78.9 Å². The molecule has 0 radical (unpaired) electrons. The van der Waals surface area contributed by atoms with Gasteiger partial charge in [0, 0.05) is 5.69 Å². The highest BCUT2D eigenvalue weighted by Crippen LogP contribution is 2.22. The highest BCUT2D eigenvalue weighted by atomic mass is 16.5. The lowest BCUT2D eigenvalue weighted by Crippen LogP contribution is -2.53. The van der Waals surface area contributed by atoms with Crippen LogP contribution < -0.4 is 5.32 Å². The van der Waals surface area contributed by atoms with E-state index in [-0.39, 0.29) is 5.54 Å². The number of nitrogens with one attached hydrogen (secondary N) is 1. The van der Waals surface area contributed by atoms with E-state index in [1.807, 2.05) is 0 Å². The van der Waals surface area contributed by atoms with E-state index in [1.54, 1.807) is 0 Å². The third-order valence-electron chi connectivity index (χ3n) is 2.31. The SMILES string of the molecule is Cc1cccc(NC2(C)COC2)c1. The van der Waals surface area contributed by atoms with Crippen molar-refractivity contribution in [3.63, 3.8) is 0 Å². The molecule has 2 heteroatoms. The predicted octanol–water partition coefficient (Wildman–Crippen LogP) is 2.20. The molecule has 1 aliphatic heterocycles. The summed E-state index contributed by atoms with van der Waals surface area (Å²) in [4.78, 5) is 0. The molecule has 0 aliphatic carbocycles. The number of benzene rings is 1. The van der Waals surface area contributed by atoms with Crippen molar-refractivity contribution < 1.29 is 4.74 Å². The van der Waals surface area contributed by atoms with Crippen molar-refractivity contribution in [1.82, 2.24) is 0 Å². The summed E-state index contributed by atoms with van der Waals surface area (Å²) in [7, 11) is 0. The third kappa shape index (κ3) is 1.83. The smallest absolute Gasteiger partial charge is 0.0811 e. The van der Waals surface area contributed by atoms with Gasteiger partial charge >= 0.3 is 0 Å². The van der Waals surface area contributed by atoms with Gasteiger partial charge in [0.1, 0.15) is 0 Å². The Bertz CT molecular complexity index is 305. The zero-order valence-electron chi connectivity index (χ0n) is 8.13. The summed E-state index contributed by atoms with van der Waals surface area (Å²) in [6.07, 6.45) is 0. The van der Waals surface area contributed by atoms with Gasteiger partial charge in [-0.15, -0.1) is 0 Å². The van der Waals surface area contributed by atoms with Crippen molar-refractivity contribution in [1.29, 1.82) is 0 Å². The second-order valence-electron chi connectivity index (χ2n) is 4.05. The standard InChI is InChI=1S/C11H15NO/c1-9-4-3-5-10(6-9)12-11(2)7-13-8-11/h3-6,12H,7-8H2,1-2H3. The number of anilines is 1. The quantitative estimate of drug-likeness (QED) is 0.747.